The summed E-state index contributed by atoms with van der Waals surface area (Å²) in [5.41, 5.74) is -0.347. The molecule has 0 saturated carbocycles. The van der Waals surface area contributed by atoms with Gasteiger partial charge in [-0.2, -0.15) is 0 Å². The molecule has 0 aliphatic carbocycles. The van der Waals surface area contributed by atoms with Crippen LogP contribution in [-0.4, -0.2) is 23.2 Å². The largest absolute Gasteiger partial charge is 0.481 e. The molecule has 0 spiro atoms. The third kappa shape index (κ3) is 5.61. The van der Waals surface area contributed by atoms with Gasteiger partial charge in [0.05, 0.1) is 6.42 Å². The predicted molar refractivity (Wildman–Crippen MR) is 44.5 cm³/mol. The van der Waals surface area contributed by atoms with E-state index in [-0.39, 0.29) is 12.0 Å². The highest BCUT2D eigenvalue weighted by Gasteiger charge is 2.19. The maximum absolute atomic E-state index is 10.3. The van der Waals surface area contributed by atoms with E-state index < -0.39 is 5.97 Å². The highest BCUT2D eigenvalue weighted by Crippen LogP contribution is 2.06. The number of carboxylic acids is 1. The first-order valence-corrected chi connectivity index (χ1v) is 3.55. The zero-order valence-corrected chi connectivity index (χ0v) is 7.05. The number of rotatable bonds is 5. The van der Waals surface area contributed by atoms with Gasteiger partial charge in [-0.05, 0) is 13.8 Å². The van der Waals surface area contributed by atoms with Crippen LogP contribution in [0.5, 0.6) is 0 Å². The first-order valence-electron chi connectivity index (χ1n) is 3.55. The van der Waals surface area contributed by atoms with Gasteiger partial charge < -0.3 is 10.4 Å². The van der Waals surface area contributed by atoms with Crippen LogP contribution in [0.1, 0.15) is 20.3 Å². The molecule has 0 rings (SSSR count). The normalized spacial score (nSPS) is 11.1. The van der Waals surface area contributed by atoms with Crippen LogP contribution in [0, 0.1) is 0 Å². The fourth-order valence-corrected chi connectivity index (χ4v) is 0.789. The number of carbonyl (C=O) groups is 1. The molecule has 0 aromatic rings. The van der Waals surface area contributed by atoms with Crippen molar-refractivity contribution in [2.75, 3.05) is 6.54 Å². The van der Waals surface area contributed by atoms with E-state index in [0.29, 0.717) is 6.54 Å². The van der Waals surface area contributed by atoms with Crippen LogP contribution in [0.3, 0.4) is 0 Å². The van der Waals surface area contributed by atoms with Crippen LogP contribution in [0.4, 0.5) is 0 Å². The van der Waals surface area contributed by atoms with E-state index in [1.165, 1.54) is 0 Å². The Morgan fingerprint density at radius 1 is 1.73 bits per heavy atom. The Kier molecular flexibility index (Phi) is 3.82. The van der Waals surface area contributed by atoms with Gasteiger partial charge in [-0.15, -0.1) is 6.58 Å². The zero-order chi connectivity index (χ0) is 8.91. The molecule has 0 unspecified atom stereocenters. The monoisotopic (exact) mass is 157 g/mol. The molecule has 0 aromatic carbocycles. The Hall–Kier alpha value is -0.830. The number of nitrogens with one attached hydrogen (secondary N) is 1. The van der Waals surface area contributed by atoms with Gasteiger partial charge in [0.25, 0.3) is 0 Å². The molecule has 64 valence electrons. The topological polar surface area (TPSA) is 49.3 Å². The lowest BCUT2D eigenvalue weighted by molar-refractivity contribution is -0.138. The standard InChI is InChI=1S/C8H15NO2/c1-4-5-9-8(2,3)6-7(10)11/h4,9H,1,5-6H2,2-3H3,(H,10,11). The van der Waals surface area contributed by atoms with Crippen molar-refractivity contribution in [2.45, 2.75) is 25.8 Å². The minimum Gasteiger partial charge on any atom is -0.481 e. The van der Waals surface area contributed by atoms with Gasteiger partial charge in [0, 0.05) is 12.1 Å². The summed E-state index contributed by atoms with van der Waals surface area (Å²) in [5.74, 6) is -0.786. The van der Waals surface area contributed by atoms with Crippen molar-refractivity contribution >= 4 is 5.97 Å². The van der Waals surface area contributed by atoms with Gasteiger partial charge in [-0.3, -0.25) is 4.79 Å². The van der Waals surface area contributed by atoms with E-state index >= 15 is 0 Å². The van der Waals surface area contributed by atoms with Crippen LogP contribution < -0.4 is 5.32 Å². The highest BCUT2D eigenvalue weighted by atomic mass is 16.4. The summed E-state index contributed by atoms with van der Waals surface area (Å²) in [5, 5.41) is 11.5. The maximum Gasteiger partial charge on any atom is 0.305 e. The SMILES string of the molecule is C=CCNC(C)(C)CC(=O)O. The van der Waals surface area contributed by atoms with Gasteiger partial charge >= 0.3 is 5.97 Å². The van der Waals surface area contributed by atoms with Crippen LogP contribution in [0.15, 0.2) is 12.7 Å². The van der Waals surface area contributed by atoms with Crippen LogP contribution in [0.25, 0.3) is 0 Å². The van der Waals surface area contributed by atoms with Crippen molar-refractivity contribution in [1.29, 1.82) is 0 Å². The predicted octanol–water partition coefficient (Wildman–Crippen LogP) is 1.02. The third-order valence-electron chi connectivity index (χ3n) is 1.32. The molecular weight excluding hydrogens is 142 g/mol. The Bertz CT molecular complexity index is 152. The van der Waals surface area contributed by atoms with Crippen molar-refractivity contribution in [3.63, 3.8) is 0 Å². The van der Waals surface area contributed by atoms with Gasteiger partial charge in [0.2, 0.25) is 0 Å². The number of hydrogen-bond acceptors (Lipinski definition) is 2. The van der Waals surface area contributed by atoms with Crippen molar-refractivity contribution < 1.29 is 9.90 Å². The highest BCUT2D eigenvalue weighted by molar-refractivity contribution is 5.68. The second kappa shape index (κ2) is 4.13. The molecule has 11 heavy (non-hydrogen) atoms. The molecule has 0 heterocycles. The molecule has 0 radical (unpaired) electrons. The molecule has 0 aromatic heterocycles. The summed E-state index contributed by atoms with van der Waals surface area (Å²) >= 11 is 0. The van der Waals surface area contributed by atoms with E-state index in [1.807, 2.05) is 13.8 Å². The summed E-state index contributed by atoms with van der Waals surface area (Å²) in [6.45, 7) is 7.88. The number of aliphatic carboxylic acids is 1. The average molecular weight is 157 g/mol. The quantitative estimate of drug-likeness (QED) is 0.586. The fourth-order valence-electron chi connectivity index (χ4n) is 0.789. The van der Waals surface area contributed by atoms with E-state index in [9.17, 15) is 4.79 Å². The Morgan fingerprint density at radius 2 is 2.27 bits per heavy atom. The summed E-state index contributed by atoms with van der Waals surface area (Å²) in [4.78, 5) is 10.3. The second-order valence-electron chi connectivity index (χ2n) is 3.12. The molecule has 3 heteroatoms. The zero-order valence-electron chi connectivity index (χ0n) is 7.05. The average Bonchev–Trinajstić information content (AvgIpc) is 1.81. The van der Waals surface area contributed by atoms with Gasteiger partial charge in [0.1, 0.15) is 0 Å². The fraction of sp³-hybridized carbons (Fsp3) is 0.625. The summed E-state index contributed by atoms with van der Waals surface area (Å²) in [7, 11) is 0. The van der Waals surface area contributed by atoms with Crippen molar-refractivity contribution in [3.8, 4) is 0 Å². The second-order valence-corrected chi connectivity index (χ2v) is 3.12. The van der Waals surface area contributed by atoms with Crippen molar-refractivity contribution in [3.05, 3.63) is 12.7 Å². The molecule has 3 nitrogen and oxygen atoms in total. The number of hydrogen-bond donors (Lipinski definition) is 2. The van der Waals surface area contributed by atoms with E-state index in [1.54, 1.807) is 6.08 Å². The Morgan fingerprint density at radius 3 is 2.64 bits per heavy atom. The van der Waals surface area contributed by atoms with Crippen molar-refractivity contribution in [2.24, 2.45) is 0 Å². The van der Waals surface area contributed by atoms with Gasteiger partial charge in [-0.25, -0.2) is 0 Å². The Labute approximate surface area is 67.1 Å². The first-order chi connectivity index (χ1) is 4.98. The minimum atomic E-state index is -0.786. The minimum absolute atomic E-state index is 0.126. The molecule has 0 saturated heterocycles. The van der Waals surface area contributed by atoms with Crippen LogP contribution >= 0.6 is 0 Å². The van der Waals surface area contributed by atoms with E-state index in [0.717, 1.165) is 0 Å². The van der Waals surface area contributed by atoms with Crippen molar-refractivity contribution in [1.82, 2.24) is 5.32 Å². The van der Waals surface area contributed by atoms with Gasteiger partial charge in [-0.1, -0.05) is 6.08 Å². The molecule has 0 bridgehead atoms. The van der Waals surface area contributed by atoms with E-state index in [2.05, 4.69) is 11.9 Å². The molecule has 0 fully saturated rings. The maximum atomic E-state index is 10.3. The number of carboxylic acid groups (broad SMARTS) is 1. The molecule has 0 aliphatic rings. The summed E-state index contributed by atoms with van der Waals surface area (Å²) in [6.07, 6.45) is 1.84. The molecule has 0 atom stereocenters. The lowest BCUT2D eigenvalue weighted by Gasteiger charge is -2.23. The lowest BCUT2D eigenvalue weighted by atomic mass is 10.0. The van der Waals surface area contributed by atoms with Crippen LogP contribution in [-0.2, 0) is 4.79 Å². The third-order valence-corrected chi connectivity index (χ3v) is 1.32. The lowest BCUT2D eigenvalue weighted by Crippen LogP contribution is -2.41. The molecular formula is C8H15NO2. The molecule has 0 amide bonds. The Balaban J connectivity index is 3.78. The summed E-state index contributed by atoms with van der Waals surface area (Å²) < 4.78 is 0. The molecule has 2 N–H and O–H groups in total. The smallest absolute Gasteiger partial charge is 0.305 e. The van der Waals surface area contributed by atoms with Crippen LogP contribution in [0.2, 0.25) is 0 Å². The van der Waals surface area contributed by atoms with Gasteiger partial charge in [0.15, 0.2) is 0 Å². The van der Waals surface area contributed by atoms with E-state index in [4.69, 9.17) is 5.11 Å². The first kappa shape index (κ1) is 10.2. The molecule has 0 aliphatic heterocycles. The summed E-state index contributed by atoms with van der Waals surface area (Å²) in [6, 6.07) is 0.